The Morgan fingerprint density at radius 2 is 2.11 bits per heavy atom. The molecule has 0 saturated carbocycles. The number of aromatic nitrogens is 3. The van der Waals surface area contributed by atoms with Crippen molar-refractivity contribution in [3.05, 3.63) is 52.6 Å². The Kier molecular flexibility index (Phi) is 3.12. The fourth-order valence-electron chi connectivity index (χ4n) is 1.53. The number of fused-ring (bicyclic) bond motifs is 1. The summed E-state index contributed by atoms with van der Waals surface area (Å²) in [6, 6.07) is 10.2. The van der Waals surface area contributed by atoms with E-state index in [0.717, 1.165) is 10.1 Å². The lowest BCUT2D eigenvalue weighted by Gasteiger charge is -1.96. The summed E-state index contributed by atoms with van der Waals surface area (Å²) in [5.41, 5.74) is 1.49. The summed E-state index contributed by atoms with van der Waals surface area (Å²) >= 11 is 3.07. The van der Waals surface area contributed by atoms with Gasteiger partial charge in [-0.3, -0.25) is 4.79 Å². The van der Waals surface area contributed by atoms with Crippen molar-refractivity contribution >= 4 is 33.4 Å². The number of H-pyrrole nitrogens is 1. The third kappa shape index (κ3) is 2.30. The molecule has 0 aliphatic heterocycles. The molecule has 0 amide bonds. The fraction of sp³-hybridized carbons (Fsp3) is 0.0833. The Morgan fingerprint density at radius 1 is 1.28 bits per heavy atom. The first-order valence-corrected chi connectivity index (χ1v) is 7.14. The van der Waals surface area contributed by atoms with Crippen molar-refractivity contribution in [2.45, 2.75) is 10.1 Å². The maximum Gasteiger partial charge on any atom is 0.278 e. The van der Waals surface area contributed by atoms with Crippen LogP contribution >= 0.6 is 23.1 Å². The van der Waals surface area contributed by atoms with Gasteiger partial charge >= 0.3 is 0 Å². The molecule has 0 saturated heterocycles. The number of nitrogens with zero attached hydrogens (tertiary/aromatic N) is 2. The maximum absolute atomic E-state index is 11.5. The molecule has 4 nitrogen and oxygen atoms in total. The lowest BCUT2D eigenvalue weighted by Crippen LogP contribution is -2.05. The minimum atomic E-state index is -0.178. The zero-order valence-electron chi connectivity index (χ0n) is 9.29. The van der Waals surface area contributed by atoms with E-state index in [2.05, 4.69) is 27.1 Å². The highest BCUT2D eigenvalue weighted by Crippen LogP contribution is 2.28. The molecule has 0 atom stereocenters. The third-order valence-corrected chi connectivity index (χ3v) is 4.56. The minimum Gasteiger partial charge on any atom is -0.311 e. The van der Waals surface area contributed by atoms with E-state index in [1.807, 2.05) is 18.2 Å². The summed E-state index contributed by atoms with van der Waals surface area (Å²) in [6.45, 7) is 0. The average molecular weight is 275 g/mol. The van der Waals surface area contributed by atoms with Gasteiger partial charge in [-0.25, -0.2) is 9.97 Å². The van der Waals surface area contributed by atoms with Gasteiger partial charge < -0.3 is 4.98 Å². The average Bonchev–Trinajstić information content (AvgIpc) is 2.82. The minimum absolute atomic E-state index is 0.178. The van der Waals surface area contributed by atoms with Crippen LogP contribution < -0.4 is 5.56 Å². The topological polar surface area (TPSA) is 58.6 Å². The first kappa shape index (κ1) is 11.4. The zero-order chi connectivity index (χ0) is 12.4. The summed E-state index contributed by atoms with van der Waals surface area (Å²) in [7, 11) is 0. The second kappa shape index (κ2) is 4.91. The highest BCUT2D eigenvalue weighted by molar-refractivity contribution is 8.00. The van der Waals surface area contributed by atoms with Crippen LogP contribution in [0.2, 0.25) is 0 Å². The Morgan fingerprint density at radius 3 is 2.89 bits per heavy atom. The van der Waals surface area contributed by atoms with Gasteiger partial charge in [0.1, 0.15) is 0 Å². The Bertz CT molecular complexity index is 721. The second-order valence-electron chi connectivity index (χ2n) is 3.64. The lowest BCUT2D eigenvalue weighted by atomic mass is 10.2. The predicted octanol–water partition coefficient (Wildman–Crippen LogP) is 2.67. The summed E-state index contributed by atoms with van der Waals surface area (Å²) in [5, 5.41) is 0. The summed E-state index contributed by atoms with van der Waals surface area (Å²) in [6.07, 6.45) is 1.41. The molecule has 2 heterocycles. The van der Waals surface area contributed by atoms with E-state index in [9.17, 15) is 4.79 Å². The first-order chi connectivity index (χ1) is 8.83. The standard InChI is InChI=1S/C12H9N3OS2/c16-10-9-11(14-7-13-10)18-12(15-9)17-6-8-4-2-1-3-5-8/h1-5,7H,6H2,(H,13,14,16). The number of benzene rings is 1. The van der Waals surface area contributed by atoms with Crippen LogP contribution in [-0.2, 0) is 5.75 Å². The van der Waals surface area contributed by atoms with Crippen LogP contribution in [0.25, 0.3) is 10.3 Å². The van der Waals surface area contributed by atoms with E-state index in [0.29, 0.717) is 10.3 Å². The molecule has 0 fully saturated rings. The van der Waals surface area contributed by atoms with Gasteiger partial charge in [-0.05, 0) is 5.56 Å². The van der Waals surface area contributed by atoms with E-state index in [1.165, 1.54) is 23.2 Å². The van der Waals surface area contributed by atoms with Gasteiger partial charge in [0.05, 0.1) is 6.33 Å². The van der Waals surface area contributed by atoms with Crippen LogP contribution in [0, 0.1) is 0 Å². The van der Waals surface area contributed by atoms with Gasteiger partial charge in [0.15, 0.2) is 14.7 Å². The van der Waals surface area contributed by atoms with E-state index in [1.54, 1.807) is 11.8 Å². The van der Waals surface area contributed by atoms with Gasteiger partial charge in [0.2, 0.25) is 0 Å². The van der Waals surface area contributed by atoms with Crippen LogP contribution in [-0.4, -0.2) is 15.0 Å². The molecular formula is C12H9N3OS2. The molecule has 1 aromatic carbocycles. The molecule has 2 aromatic heterocycles. The van der Waals surface area contributed by atoms with Gasteiger partial charge in [-0.1, -0.05) is 53.4 Å². The molecule has 6 heteroatoms. The van der Waals surface area contributed by atoms with Gasteiger partial charge in [-0.15, -0.1) is 0 Å². The molecule has 0 aliphatic rings. The third-order valence-electron chi connectivity index (χ3n) is 2.39. The molecule has 0 bridgehead atoms. The summed E-state index contributed by atoms with van der Waals surface area (Å²) < 4.78 is 0.873. The molecule has 0 spiro atoms. The molecule has 0 aliphatic carbocycles. The monoisotopic (exact) mass is 275 g/mol. The van der Waals surface area contributed by atoms with Crippen LogP contribution in [0.3, 0.4) is 0 Å². The maximum atomic E-state index is 11.5. The zero-order valence-corrected chi connectivity index (χ0v) is 10.9. The van der Waals surface area contributed by atoms with Crippen molar-refractivity contribution in [2.24, 2.45) is 0 Å². The lowest BCUT2D eigenvalue weighted by molar-refractivity contribution is 1.15. The molecule has 3 rings (SSSR count). The molecule has 1 N–H and O–H groups in total. The number of thiazole rings is 1. The van der Waals surface area contributed by atoms with E-state index in [-0.39, 0.29) is 5.56 Å². The van der Waals surface area contributed by atoms with Crippen molar-refractivity contribution in [3.63, 3.8) is 0 Å². The van der Waals surface area contributed by atoms with E-state index >= 15 is 0 Å². The highest BCUT2D eigenvalue weighted by atomic mass is 32.2. The molecule has 90 valence electrons. The van der Waals surface area contributed by atoms with Gasteiger partial charge in [0, 0.05) is 5.75 Å². The number of nitrogens with one attached hydrogen (secondary N) is 1. The molecule has 3 aromatic rings. The van der Waals surface area contributed by atoms with Crippen LogP contribution in [0.15, 0.2) is 45.8 Å². The number of thioether (sulfide) groups is 1. The number of hydrogen-bond donors (Lipinski definition) is 1. The van der Waals surface area contributed by atoms with Gasteiger partial charge in [-0.2, -0.15) is 0 Å². The first-order valence-electron chi connectivity index (χ1n) is 5.34. The number of hydrogen-bond acceptors (Lipinski definition) is 5. The van der Waals surface area contributed by atoms with Crippen molar-refractivity contribution in [2.75, 3.05) is 0 Å². The predicted molar refractivity (Wildman–Crippen MR) is 74.0 cm³/mol. The quantitative estimate of drug-likeness (QED) is 0.747. The Balaban J connectivity index is 1.83. The highest BCUT2D eigenvalue weighted by Gasteiger charge is 2.08. The summed E-state index contributed by atoms with van der Waals surface area (Å²) in [5.74, 6) is 0.846. The SMILES string of the molecule is O=c1[nH]cnc2sc(SCc3ccccc3)nc12. The van der Waals surface area contributed by atoms with Gasteiger partial charge in [0.25, 0.3) is 5.56 Å². The Labute approximate surface area is 111 Å². The number of rotatable bonds is 3. The Hall–Kier alpha value is -1.66. The van der Waals surface area contributed by atoms with E-state index in [4.69, 9.17) is 0 Å². The van der Waals surface area contributed by atoms with Crippen molar-refractivity contribution in [1.29, 1.82) is 0 Å². The second-order valence-corrected chi connectivity index (χ2v) is 5.84. The smallest absolute Gasteiger partial charge is 0.278 e. The number of aromatic amines is 1. The molecule has 0 radical (unpaired) electrons. The largest absolute Gasteiger partial charge is 0.311 e. The van der Waals surface area contributed by atoms with Crippen LogP contribution in [0.4, 0.5) is 0 Å². The fourth-order valence-corrected chi connectivity index (χ4v) is 3.46. The van der Waals surface area contributed by atoms with Crippen molar-refractivity contribution in [3.8, 4) is 0 Å². The van der Waals surface area contributed by atoms with Crippen LogP contribution in [0.5, 0.6) is 0 Å². The van der Waals surface area contributed by atoms with Crippen LogP contribution in [0.1, 0.15) is 5.56 Å². The molecule has 0 unspecified atom stereocenters. The molecular weight excluding hydrogens is 266 g/mol. The molecule has 18 heavy (non-hydrogen) atoms. The van der Waals surface area contributed by atoms with E-state index < -0.39 is 0 Å². The summed E-state index contributed by atoms with van der Waals surface area (Å²) in [4.78, 5) is 23.1. The van der Waals surface area contributed by atoms with Crippen molar-refractivity contribution in [1.82, 2.24) is 15.0 Å². The van der Waals surface area contributed by atoms with Crippen molar-refractivity contribution < 1.29 is 0 Å². The normalized spacial score (nSPS) is 10.9.